The molecule has 52 valence electrons. The quantitative estimate of drug-likeness (QED) is 0.537. The summed E-state index contributed by atoms with van der Waals surface area (Å²) in [7, 11) is 0. The molecule has 9 heavy (non-hydrogen) atoms. The Morgan fingerprint density at radius 3 is 2.78 bits per heavy atom. The Labute approximate surface area is 57.2 Å². The van der Waals surface area contributed by atoms with E-state index in [2.05, 4.69) is 18.8 Å². The molecule has 1 heteroatoms. The maximum absolute atomic E-state index is 4.42. The van der Waals surface area contributed by atoms with E-state index in [1.807, 2.05) is 0 Å². The Morgan fingerprint density at radius 2 is 2.33 bits per heavy atom. The Morgan fingerprint density at radius 1 is 1.56 bits per heavy atom. The topological polar surface area (TPSA) is 12.4 Å². The summed E-state index contributed by atoms with van der Waals surface area (Å²) >= 11 is 0. The van der Waals surface area contributed by atoms with E-state index in [0.29, 0.717) is 0 Å². The summed E-state index contributed by atoms with van der Waals surface area (Å²) in [5.74, 6) is 0.829. The molecule has 1 nitrogen and oxygen atoms in total. The van der Waals surface area contributed by atoms with Gasteiger partial charge in [-0.25, -0.2) is 0 Å². The monoisotopic (exact) mass is 125 g/mol. The number of hydrogen-bond donors (Lipinski definition) is 0. The molecular weight excluding hydrogens is 110 g/mol. The van der Waals surface area contributed by atoms with Gasteiger partial charge in [0, 0.05) is 12.3 Å². The van der Waals surface area contributed by atoms with Crippen molar-refractivity contribution in [3.8, 4) is 0 Å². The summed E-state index contributed by atoms with van der Waals surface area (Å²) in [6.07, 6.45) is 3.75. The van der Waals surface area contributed by atoms with Gasteiger partial charge in [0.25, 0.3) is 0 Å². The van der Waals surface area contributed by atoms with E-state index in [1.54, 1.807) is 0 Å². The van der Waals surface area contributed by atoms with Crippen LogP contribution in [0.4, 0.5) is 0 Å². The Kier molecular flexibility index (Phi) is 2.26. The maximum Gasteiger partial charge on any atom is 0.0395 e. The number of nitrogens with zero attached hydrogens (tertiary/aromatic N) is 1. The van der Waals surface area contributed by atoms with Gasteiger partial charge < -0.3 is 0 Å². The highest BCUT2D eigenvalue weighted by atomic mass is 14.8. The van der Waals surface area contributed by atoms with Crippen molar-refractivity contribution in [1.82, 2.24) is 0 Å². The van der Waals surface area contributed by atoms with E-state index in [4.69, 9.17) is 0 Å². The molecule has 1 rings (SSSR count). The number of aliphatic imine (C=N–C) groups is 1. The van der Waals surface area contributed by atoms with E-state index in [1.165, 1.54) is 25.0 Å². The zero-order valence-electron chi connectivity index (χ0n) is 6.35. The highest BCUT2D eigenvalue weighted by Crippen LogP contribution is 2.18. The molecule has 1 atom stereocenters. The van der Waals surface area contributed by atoms with Gasteiger partial charge in [-0.1, -0.05) is 13.8 Å². The van der Waals surface area contributed by atoms with Crippen LogP contribution in [0.1, 0.15) is 33.1 Å². The summed E-state index contributed by atoms with van der Waals surface area (Å²) in [5.41, 5.74) is 1.46. The molecular formula is C8H15N. The Bertz CT molecular complexity index is 116. The Hall–Kier alpha value is -0.330. The fraction of sp³-hybridized carbons (Fsp3) is 0.875. The van der Waals surface area contributed by atoms with Crippen molar-refractivity contribution in [2.45, 2.75) is 33.1 Å². The zero-order chi connectivity index (χ0) is 6.69. The summed E-state index contributed by atoms with van der Waals surface area (Å²) in [4.78, 5) is 4.42. The van der Waals surface area contributed by atoms with Crippen molar-refractivity contribution >= 4 is 5.71 Å². The van der Waals surface area contributed by atoms with Crippen LogP contribution in [0.5, 0.6) is 0 Å². The van der Waals surface area contributed by atoms with Crippen LogP contribution in [0.25, 0.3) is 0 Å². The van der Waals surface area contributed by atoms with Gasteiger partial charge in [0.15, 0.2) is 0 Å². The predicted octanol–water partition coefficient (Wildman–Crippen LogP) is 2.27. The van der Waals surface area contributed by atoms with Gasteiger partial charge in [0.05, 0.1) is 0 Å². The highest BCUT2D eigenvalue weighted by molar-refractivity contribution is 5.87. The van der Waals surface area contributed by atoms with E-state index >= 15 is 0 Å². The first-order valence-electron chi connectivity index (χ1n) is 3.91. The number of hydrogen-bond acceptors (Lipinski definition) is 1. The van der Waals surface area contributed by atoms with Crippen LogP contribution >= 0.6 is 0 Å². The van der Waals surface area contributed by atoms with Crippen LogP contribution in [-0.2, 0) is 0 Å². The van der Waals surface area contributed by atoms with E-state index < -0.39 is 0 Å². The van der Waals surface area contributed by atoms with E-state index in [-0.39, 0.29) is 0 Å². The maximum atomic E-state index is 4.42. The largest absolute Gasteiger partial charge is 0.294 e. The molecule has 0 fully saturated rings. The average Bonchev–Trinajstić information content (AvgIpc) is 2.33. The molecule has 0 aromatic heterocycles. The molecule has 0 bridgehead atoms. The second-order valence-corrected chi connectivity index (χ2v) is 2.62. The summed E-state index contributed by atoms with van der Waals surface area (Å²) < 4.78 is 0. The summed E-state index contributed by atoms with van der Waals surface area (Å²) in [6.45, 7) is 5.54. The molecule has 1 unspecified atom stereocenters. The SMILES string of the molecule is CCC1=NCCC1CC. The first-order valence-corrected chi connectivity index (χ1v) is 3.91. The fourth-order valence-electron chi connectivity index (χ4n) is 1.50. The lowest BCUT2D eigenvalue weighted by atomic mass is 9.98. The lowest BCUT2D eigenvalue weighted by Gasteiger charge is -2.06. The fourth-order valence-corrected chi connectivity index (χ4v) is 1.50. The van der Waals surface area contributed by atoms with Crippen LogP contribution in [0.3, 0.4) is 0 Å². The van der Waals surface area contributed by atoms with Crippen molar-refractivity contribution in [3.05, 3.63) is 0 Å². The molecule has 1 heterocycles. The minimum absolute atomic E-state index is 0.829. The minimum atomic E-state index is 0.829. The highest BCUT2D eigenvalue weighted by Gasteiger charge is 2.16. The first-order chi connectivity index (χ1) is 4.38. The van der Waals surface area contributed by atoms with E-state index in [0.717, 1.165) is 12.5 Å². The van der Waals surface area contributed by atoms with Gasteiger partial charge in [-0.2, -0.15) is 0 Å². The van der Waals surface area contributed by atoms with Gasteiger partial charge >= 0.3 is 0 Å². The number of rotatable bonds is 2. The third-order valence-electron chi connectivity index (χ3n) is 2.12. The van der Waals surface area contributed by atoms with Crippen LogP contribution < -0.4 is 0 Å². The normalized spacial score (nSPS) is 26.4. The molecule has 0 aliphatic carbocycles. The third kappa shape index (κ3) is 1.32. The third-order valence-corrected chi connectivity index (χ3v) is 2.12. The molecule has 0 radical (unpaired) electrons. The average molecular weight is 125 g/mol. The first kappa shape index (κ1) is 6.79. The molecule has 0 saturated heterocycles. The lowest BCUT2D eigenvalue weighted by molar-refractivity contribution is 0.649. The smallest absolute Gasteiger partial charge is 0.0395 e. The van der Waals surface area contributed by atoms with Gasteiger partial charge in [0.2, 0.25) is 0 Å². The van der Waals surface area contributed by atoms with Gasteiger partial charge in [-0.15, -0.1) is 0 Å². The Balaban J connectivity index is 2.47. The van der Waals surface area contributed by atoms with Crippen LogP contribution in [0.15, 0.2) is 4.99 Å². The molecule has 0 spiro atoms. The van der Waals surface area contributed by atoms with Crippen molar-refractivity contribution in [2.75, 3.05) is 6.54 Å². The standard InChI is InChI=1S/C8H15N/c1-3-7-5-6-9-8(7)4-2/h7H,3-6H2,1-2H3. The van der Waals surface area contributed by atoms with E-state index in [9.17, 15) is 0 Å². The summed E-state index contributed by atoms with van der Waals surface area (Å²) in [5, 5.41) is 0. The van der Waals surface area contributed by atoms with Crippen molar-refractivity contribution in [3.63, 3.8) is 0 Å². The lowest BCUT2D eigenvalue weighted by Crippen LogP contribution is -2.06. The second kappa shape index (κ2) is 3.00. The van der Waals surface area contributed by atoms with Gasteiger partial charge in [0.1, 0.15) is 0 Å². The minimum Gasteiger partial charge on any atom is -0.294 e. The van der Waals surface area contributed by atoms with Crippen molar-refractivity contribution in [1.29, 1.82) is 0 Å². The van der Waals surface area contributed by atoms with Crippen molar-refractivity contribution < 1.29 is 0 Å². The molecule has 1 aliphatic rings. The molecule has 0 aromatic carbocycles. The molecule has 0 amide bonds. The van der Waals surface area contributed by atoms with Gasteiger partial charge in [-0.05, 0) is 25.2 Å². The molecule has 1 aliphatic heterocycles. The molecule has 0 N–H and O–H groups in total. The van der Waals surface area contributed by atoms with Crippen LogP contribution in [-0.4, -0.2) is 12.3 Å². The predicted molar refractivity (Wildman–Crippen MR) is 41.0 cm³/mol. The molecule has 0 aromatic rings. The van der Waals surface area contributed by atoms with Crippen LogP contribution in [0, 0.1) is 5.92 Å². The second-order valence-electron chi connectivity index (χ2n) is 2.62. The van der Waals surface area contributed by atoms with Gasteiger partial charge in [-0.3, -0.25) is 4.99 Å². The summed E-state index contributed by atoms with van der Waals surface area (Å²) in [6, 6.07) is 0. The molecule has 0 saturated carbocycles. The van der Waals surface area contributed by atoms with Crippen molar-refractivity contribution in [2.24, 2.45) is 10.9 Å². The van der Waals surface area contributed by atoms with Crippen LogP contribution in [0.2, 0.25) is 0 Å². The zero-order valence-corrected chi connectivity index (χ0v) is 6.35.